The van der Waals surface area contributed by atoms with Crippen LogP contribution in [0.5, 0.6) is 5.75 Å². The van der Waals surface area contributed by atoms with Crippen molar-refractivity contribution in [3.05, 3.63) is 126 Å². The van der Waals surface area contributed by atoms with E-state index in [1.807, 2.05) is 61.5 Å². The molecule has 0 spiro atoms. The van der Waals surface area contributed by atoms with Crippen LogP contribution in [0.4, 0.5) is 5.69 Å². The average molecular weight is 515 g/mol. The number of hydrogen-bond donors (Lipinski definition) is 1. The number of ether oxygens (including phenoxy) is 1. The molecular formula is C30H30N2O4S. The zero-order valence-electron chi connectivity index (χ0n) is 20.9. The van der Waals surface area contributed by atoms with Crippen LogP contribution in [0.1, 0.15) is 40.9 Å². The summed E-state index contributed by atoms with van der Waals surface area (Å²) in [6.07, 6.45) is 0.663. The Morgan fingerprint density at radius 3 is 2.05 bits per heavy atom. The normalized spacial score (nSPS) is 11.9. The van der Waals surface area contributed by atoms with Gasteiger partial charge in [0.2, 0.25) is 0 Å². The molecular weight excluding hydrogens is 484 g/mol. The number of nitrogens with one attached hydrogen (secondary N) is 1. The van der Waals surface area contributed by atoms with E-state index in [2.05, 4.69) is 5.32 Å². The Labute approximate surface area is 218 Å². The number of amides is 1. The second-order valence-electron chi connectivity index (χ2n) is 8.53. The largest absolute Gasteiger partial charge is 0.497 e. The molecule has 0 fully saturated rings. The molecule has 4 aromatic carbocycles. The van der Waals surface area contributed by atoms with Crippen molar-refractivity contribution >= 4 is 21.6 Å². The Morgan fingerprint density at radius 2 is 1.43 bits per heavy atom. The van der Waals surface area contributed by atoms with Gasteiger partial charge >= 0.3 is 0 Å². The highest BCUT2D eigenvalue weighted by atomic mass is 32.2. The Morgan fingerprint density at radius 1 is 0.838 bits per heavy atom. The molecule has 0 radical (unpaired) electrons. The lowest BCUT2D eigenvalue weighted by Crippen LogP contribution is -2.34. The predicted octanol–water partition coefficient (Wildman–Crippen LogP) is 5.97. The quantitative estimate of drug-likeness (QED) is 0.283. The number of para-hydroxylation sites is 1. The van der Waals surface area contributed by atoms with Gasteiger partial charge in [0.25, 0.3) is 15.9 Å². The first-order valence-corrected chi connectivity index (χ1v) is 13.5. The summed E-state index contributed by atoms with van der Waals surface area (Å²) in [5.74, 6) is 0.387. The van der Waals surface area contributed by atoms with E-state index in [4.69, 9.17) is 4.74 Å². The summed E-state index contributed by atoms with van der Waals surface area (Å²) >= 11 is 0. The van der Waals surface area contributed by atoms with Crippen LogP contribution in [0.25, 0.3) is 0 Å². The van der Waals surface area contributed by atoms with Crippen LogP contribution in [-0.2, 0) is 16.6 Å². The molecule has 0 aliphatic carbocycles. The molecule has 37 heavy (non-hydrogen) atoms. The molecule has 4 aromatic rings. The summed E-state index contributed by atoms with van der Waals surface area (Å²) in [6, 6.07) is 31.7. The molecule has 1 amide bonds. The van der Waals surface area contributed by atoms with Crippen LogP contribution in [0.2, 0.25) is 0 Å². The van der Waals surface area contributed by atoms with Gasteiger partial charge in [-0.2, -0.15) is 0 Å². The smallest absolute Gasteiger partial charge is 0.264 e. The van der Waals surface area contributed by atoms with E-state index in [0.29, 0.717) is 12.1 Å². The van der Waals surface area contributed by atoms with Crippen molar-refractivity contribution in [3.63, 3.8) is 0 Å². The van der Waals surface area contributed by atoms with Crippen LogP contribution >= 0.6 is 0 Å². The molecule has 0 saturated heterocycles. The lowest BCUT2D eigenvalue weighted by Gasteiger charge is -2.27. The molecule has 190 valence electrons. The predicted molar refractivity (Wildman–Crippen MR) is 146 cm³/mol. The van der Waals surface area contributed by atoms with E-state index in [1.54, 1.807) is 61.7 Å². The third kappa shape index (κ3) is 6.01. The number of hydrogen-bond acceptors (Lipinski definition) is 4. The van der Waals surface area contributed by atoms with Gasteiger partial charge < -0.3 is 10.1 Å². The van der Waals surface area contributed by atoms with Gasteiger partial charge in [-0.05, 0) is 53.9 Å². The molecule has 0 saturated carbocycles. The third-order valence-corrected chi connectivity index (χ3v) is 7.92. The molecule has 0 unspecified atom stereocenters. The van der Waals surface area contributed by atoms with Crippen molar-refractivity contribution in [3.8, 4) is 5.75 Å². The number of sulfonamides is 1. The fraction of sp³-hybridized carbons (Fsp3) is 0.167. The topological polar surface area (TPSA) is 75.7 Å². The van der Waals surface area contributed by atoms with Crippen LogP contribution < -0.4 is 14.4 Å². The van der Waals surface area contributed by atoms with Crippen LogP contribution in [0, 0.1) is 0 Å². The van der Waals surface area contributed by atoms with Gasteiger partial charge in [0.05, 0.1) is 35.8 Å². The second kappa shape index (κ2) is 11.8. The van der Waals surface area contributed by atoms with Gasteiger partial charge in [-0.1, -0.05) is 79.7 Å². The Balaban J connectivity index is 1.72. The maximum absolute atomic E-state index is 13.9. The van der Waals surface area contributed by atoms with Gasteiger partial charge in [-0.15, -0.1) is 0 Å². The fourth-order valence-electron chi connectivity index (χ4n) is 4.15. The molecule has 0 aromatic heterocycles. The van der Waals surface area contributed by atoms with Crippen molar-refractivity contribution in [2.24, 2.45) is 0 Å². The molecule has 6 nitrogen and oxygen atoms in total. The minimum atomic E-state index is -3.96. The SMILES string of the molecule is CC[C@H](NC(=O)c1ccccc1N(Cc1ccccc1)S(=O)(=O)c1ccccc1)c1ccc(OC)cc1. The van der Waals surface area contributed by atoms with E-state index in [0.717, 1.165) is 16.9 Å². The highest BCUT2D eigenvalue weighted by Crippen LogP contribution is 2.30. The summed E-state index contributed by atoms with van der Waals surface area (Å²) in [5, 5.41) is 3.09. The van der Waals surface area contributed by atoms with Gasteiger partial charge in [0, 0.05) is 0 Å². The highest BCUT2D eigenvalue weighted by Gasteiger charge is 2.29. The Hall–Kier alpha value is -4.10. The molecule has 1 N–H and O–H groups in total. The van der Waals surface area contributed by atoms with Crippen LogP contribution in [-0.4, -0.2) is 21.4 Å². The molecule has 1 atom stereocenters. The number of rotatable bonds is 10. The van der Waals surface area contributed by atoms with Crippen molar-refractivity contribution in [2.75, 3.05) is 11.4 Å². The number of methoxy groups -OCH3 is 1. The van der Waals surface area contributed by atoms with Gasteiger partial charge in [0.15, 0.2) is 0 Å². The summed E-state index contributed by atoms with van der Waals surface area (Å²) in [4.78, 5) is 13.8. The van der Waals surface area contributed by atoms with Crippen LogP contribution in [0.3, 0.4) is 0 Å². The minimum Gasteiger partial charge on any atom is -0.497 e. The maximum Gasteiger partial charge on any atom is 0.264 e. The first-order valence-electron chi connectivity index (χ1n) is 12.1. The van der Waals surface area contributed by atoms with Gasteiger partial charge in [-0.3, -0.25) is 9.10 Å². The molecule has 0 bridgehead atoms. The second-order valence-corrected chi connectivity index (χ2v) is 10.4. The minimum absolute atomic E-state index is 0.0814. The van der Waals surface area contributed by atoms with Gasteiger partial charge in [0.1, 0.15) is 5.75 Å². The summed E-state index contributed by atoms with van der Waals surface area (Å²) in [6.45, 7) is 2.07. The number of nitrogens with zero attached hydrogens (tertiary/aromatic N) is 1. The van der Waals surface area contributed by atoms with E-state index < -0.39 is 10.0 Å². The van der Waals surface area contributed by atoms with Crippen molar-refractivity contribution in [1.82, 2.24) is 5.32 Å². The summed E-state index contributed by atoms with van der Waals surface area (Å²) in [5.41, 5.74) is 2.34. The first-order chi connectivity index (χ1) is 17.9. The first kappa shape index (κ1) is 26.0. The van der Waals surface area contributed by atoms with E-state index in [9.17, 15) is 13.2 Å². The number of carbonyl (C=O) groups is 1. The monoisotopic (exact) mass is 514 g/mol. The number of carbonyl (C=O) groups excluding carboxylic acids is 1. The van der Waals surface area contributed by atoms with Crippen molar-refractivity contribution in [2.45, 2.75) is 30.8 Å². The molecule has 0 aliphatic rings. The fourth-order valence-corrected chi connectivity index (χ4v) is 5.64. The van der Waals surface area contributed by atoms with E-state index in [1.165, 1.54) is 4.31 Å². The summed E-state index contributed by atoms with van der Waals surface area (Å²) < 4.78 is 34.3. The zero-order valence-corrected chi connectivity index (χ0v) is 21.7. The highest BCUT2D eigenvalue weighted by molar-refractivity contribution is 7.92. The van der Waals surface area contributed by atoms with E-state index >= 15 is 0 Å². The van der Waals surface area contributed by atoms with E-state index in [-0.39, 0.29) is 29.0 Å². The Bertz CT molecular complexity index is 1420. The summed E-state index contributed by atoms with van der Waals surface area (Å²) in [7, 11) is -2.36. The molecule has 7 heteroatoms. The lowest BCUT2D eigenvalue weighted by molar-refractivity contribution is 0.0936. The lowest BCUT2D eigenvalue weighted by atomic mass is 10.0. The molecule has 4 rings (SSSR count). The Kier molecular flexibility index (Phi) is 8.25. The number of benzene rings is 4. The maximum atomic E-state index is 13.9. The van der Waals surface area contributed by atoms with Crippen molar-refractivity contribution in [1.29, 1.82) is 0 Å². The van der Waals surface area contributed by atoms with Crippen LogP contribution in [0.15, 0.2) is 114 Å². The van der Waals surface area contributed by atoms with Crippen molar-refractivity contribution < 1.29 is 17.9 Å². The average Bonchev–Trinajstić information content (AvgIpc) is 2.95. The molecule has 0 heterocycles. The standard InChI is InChI=1S/C30H30N2O4S/c1-3-28(24-18-20-25(36-2)21-19-24)31-30(33)27-16-10-11-17-29(27)32(22-23-12-6-4-7-13-23)37(34,35)26-14-8-5-9-15-26/h4-21,28H,3,22H2,1-2H3,(H,31,33)/t28-/m0/s1. The molecule has 0 aliphatic heterocycles. The third-order valence-electron chi connectivity index (χ3n) is 6.15. The zero-order chi connectivity index (χ0) is 26.3. The number of anilines is 1. The van der Waals surface area contributed by atoms with Gasteiger partial charge in [-0.25, -0.2) is 8.42 Å².